The fourth-order valence-electron chi connectivity index (χ4n) is 6.15. The summed E-state index contributed by atoms with van der Waals surface area (Å²) in [6.07, 6.45) is 5.90. The average molecular weight is 558 g/mol. The van der Waals surface area contributed by atoms with Gasteiger partial charge in [-0.1, -0.05) is 43.5 Å². The van der Waals surface area contributed by atoms with E-state index in [1.807, 2.05) is 12.1 Å². The van der Waals surface area contributed by atoms with Crippen LogP contribution in [0.25, 0.3) is 6.08 Å². The van der Waals surface area contributed by atoms with Crippen LogP contribution in [0.1, 0.15) is 70.3 Å². The van der Waals surface area contributed by atoms with Gasteiger partial charge >= 0.3 is 5.97 Å². The summed E-state index contributed by atoms with van der Waals surface area (Å²) in [6, 6.07) is 6.94. The lowest BCUT2D eigenvalue weighted by Gasteiger charge is -2.36. The Hall–Kier alpha value is -3.01. The van der Waals surface area contributed by atoms with Crippen LogP contribution >= 0.6 is 0 Å². The molecule has 0 saturated carbocycles. The van der Waals surface area contributed by atoms with Gasteiger partial charge in [-0.25, -0.2) is 0 Å². The molecule has 0 radical (unpaired) electrons. The van der Waals surface area contributed by atoms with Crippen molar-refractivity contribution in [3.05, 3.63) is 46.5 Å². The Labute approximate surface area is 236 Å². The molecule has 0 spiro atoms. The van der Waals surface area contributed by atoms with Crippen LogP contribution in [0, 0.1) is 17.8 Å². The number of hydrogen-bond acceptors (Lipinski definition) is 7. The van der Waals surface area contributed by atoms with Crippen molar-refractivity contribution < 1.29 is 39.5 Å². The van der Waals surface area contributed by atoms with Gasteiger partial charge < -0.3 is 25.2 Å². The molecule has 9 heteroatoms. The molecule has 1 fully saturated rings. The maximum Gasteiger partial charge on any atom is 0.303 e. The molecule has 0 bridgehead atoms. The molecule has 0 unspecified atom stereocenters. The minimum atomic E-state index is -0.906. The van der Waals surface area contributed by atoms with Crippen molar-refractivity contribution in [2.75, 3.05) is 26.9 Å². The standard InChI is InChI=1S/C31H43NO8/c1-3-7-20(16-21-9-12-23(34)13-10-21)11-14-26(35)28-22(19-40-2)17-24-29(25(28)18-33)31(39)32(30(24)38)15-6-4-5-8-27(36)37/h9-10,12-13,16,24-26,29,33-35H,3-8,11,14-15,17-19H2,1-2H3,(H,36,37)/b20-16+/t24-,25+,26-,29-/m1/s1. The van der Waals surface area contributed by atoms with Crippen LogP contribution in [-0.4, -0.2) is 76.1 Å². The number of imide groups is 1. The zero-order valence-electron chi connectivity index (χ0n) is 23.6. The Kier molecular flexibility index (Phi) is 11.9. The molecule has 1 aliphatic heterocycles. The fraction of sp³-hybridized carbons (Fsp3) is 0.581. The van der Waals surface area contributed by atoms with Crippen molar-refractivity contribution in [3.8, 4) is 5.75 Å². The number of ether oxygens (including phenoxy) is 1. The summed E-state index contributed by atoms with van der Waals surface area (Å²) in [5, 5.41) is 40.3. The first-order valence-corrected chi connectivity index (χ1v) is 14.3. The molecule has 0 aromatic heterocycles. The maximum atomic E-state index is 13.4. The lowest BCUT2D eigenvalue weighted by molar-refractivity contribution is -0.141. The number of carboxylic acids is 1. The van der Waals surface area contributed by atoms with Gasteiger partial charge in [-0.2, -0.15) is 0 Å². The van der Waals surface area contributed by atoms with Crippen molar-refractivity contribution in [2.45, 2.75) is 70.8 Å². The van der Waals surface area contributed by atoms with Crippen LogP contribution in [0.15, 0.2) is 41.0 Å². The summed E-state index contributed by atoms with van der Waals surface area (Å²) in [7, 11) is 1.54. The molecule has 2 aliphatic rings. The number of carbonyl (C=O) groups is 3. The molecule has 220 valence electrons. The van der Waals surface area contributed by atoms with E-state index < -0.39 is 29.8 Å². The second-order valence-electron chi connectivity index (χ2n) is 10.8. The summed E-state index contributed by atoms with van der Waals surface area (Å²) in [5.74, 6) is -3.28. The number of aromatic hydroxyl groups is 1. The highest BCUT2D eigenvalue weighted by atomic mass is 16.5. The second kappa shape index (κ2) is 15.1. The Balaban J connectivity index is 1.76. The summed E-state index contributed by atoms with van der Waals surface area (Å²) in [5.41, 5.74) is 3.48. The highest BCUT2D eigenvalue weighted by Crippen LogP contribution is 2.46. The number of hydrogen-bond donors (Lipinski definition) is 4. The molecule has 2 amide bonds. The Morgan fingerprint density at radius 3 is 2.45 bits per heavy atom. The number of aliphatic hydroxyl groups is 2. The first kappa shape index (κ1) is 31.5. The van der Waals surface area contributed by atoms with Gasteiger partial charge in [-0.05, 0) is 67.4 Å². The minimum absolute atomic E-state index is 0.0510. The number of methoxy groups -OCH3 is 1. The number of phenols is 1. The molecule has 40 heavy (non-hydrogen) atoms. The number of carboxylic acid groups (broad SMARTS) is 1. The molecular weight excluding hydrogens is 514 g/mol. The van der Waals surface area contributed by atoms with E-state index in [4.69, 9.17) is 9.84 Å². The summed E-state index contributed by atoms with van der Waals surface area (Å²) >= 11 is 0. The van der Waals surface area contributed by atoms with Crippen LogP contribution < -0.4 is 0 Å². The van der Waals surface area contributed by atoms with Gasteiger partial charge in [0.2, 0.25) is 11.8 Å². The lowest BCUT2D eigenvalue weighted by Crippen LogP contribution is -2.39. The number of allylic oxidation sites excluding steroid dienone is 1. The van der Waals surface area contributed by atoms with Crippen molar-refractivity contribution >= 4 is 23.9 Å². The first-order valence-electron chi connectivity index (χ1n) is 14.3. The maximum absolute atomic E-state index is 13.4. The minimum Gasteiger partial charge on any atom is -0.508 e. The van der Waals surface area contributed by atoms with Crippen LogP contribution in [0.2, 0.25) is 0 Å². The number of likely N-dealkylation sites (tertiary alicyclic amines) is 1. The average Bonchev–Trinajstić information content (AvgIpc) is 3.16. The summed E-state index contributed by atoms with van der Waals surface area (Å²) in [6.45, 7) is 2.15. The van der Waals surface area contributed by atoms with Crippen molar-refractivity contribution in [2.24, 2.45) is 17.8 Å². The summed E-state index contributed by atoms with van der Waals surface area (Å²) < 4.78 is 5.42. The van der Waals surface area contributed by atoms with Crippen LogP contribution in [0.4, 0.5) is 0 Å². The topological polar surface area (TPSA) is 145 Å². The van der Waals surface area contributed by atoms with E-state index in [9.17, 15) is 29.7 Å². The van der Waals surface area contributed by atoms with Gasteiger partial charge in [0.1, 0.15) is 5.75 Å². The molecule has 3 rings (SSSR count). The number of aliphatic hydroxyl groups excluding tert-OH is 2. The molecule has 4 N–H and O–H groups in total. The van der Waals surface area contributed by atoms with Crippen LogP contribution in [0.3, 0.4) is 0 Å². The van der Waals surface area contributed by atoms with Gasteiger partial charge in [-0.3, -0.25) is 19.3 Å². The Bertz CT molecular complexity index is 1090. The van der Waals surface area contributed by atoms with Crippen molar-refractivity contribution in [3.63, 3.8) is 0 Å². The third-order valence-electron chi connectivity index (χ3n) is 8.00. The molecule has 1 aromatic rings. The zero-order chi connectivity index (χ0) is 29.2. The molecule has 9 nitrogen and oxygen atoms in total. The first-order chi connectivity index (χ1) is 19.2. The second-order valence-corrected chi connectivity index (χ2v) is 10.8. The third-order valence-corrected chi connectivity index (χ3v) is 8.00. The number of benzene rings is 1. The molecule has 1 aromatic carbocycles. The van der Waals surface area contributed by atoms with Crippen molar-refractivity contribution in [1.82, 2.24) is 4.90 Å². The fourth-order valence-corrected chi connectivity index (χ4v) is 6.15. The number of unbranched alkanes of at least 4 members (excludes halogenated alkanes) is 2. The quantitative estimate of drug-likeness (QED) is 0.136. The predicted molar refractivity (Wildman–Crippen MR) is 150 cm³/mol. The van der Waals surface area contributed by atoms with Crippen LogP contribution in [-0.2, 0) is 19.1 Å². The van der Waals surface area contributed by atoms with Crippen LogP contribution in [0.5, 0.6) is 5.75 Å². The number of carbonyl (C=O) groups excluding carboxylic acids is 2. The molecule has 1 aliphatic carbocycles. The number of fused-ring (bicyclic) bond motifs is 1. The molecular formula is C31H43NO8. The normalized spacial score (nSPS) is 22.1. The smallest absolute Gasteiger partial charge is 0.303 e. The molecule has 1 saturated heterocycles. The lowest BCUT2D eigenvalue weighted by atomic mass is 9.68. The number of nitrogens with zero attached hydrogens (tertiary/aromatic N) is 1. The van der Waals surface area contributed by atoms with E-state index in [-0.39, 0.29) is 43.7 Å². The summed E-state index contributed by atoms with van der Waals surface area (Å²) in [4.78, 5) is 38.7. The zero-order valence-corrected chi connectivity index (χ0v) is 23.6. The van der Waals surface area contributed by atoms with E-state index in [0.717, 1.165) is 29.6 Å². The number of rotatable bonds is 16. The molecule has 1 heterocycles. The third kappa shape index (κ3) is 7.80. The van der Waals surface area contributed by atoms with Gasteiger partial charge in [0.15, 0.2) is 0 Å². The predicted octanol–water partition coefficient (Wildman–Crippen LogP) is 3.92. The van der Waals surface area contributed by atoms with Gasteiger partial charge in [0.25, 0.3) is 0 Å². The van der Waals surface area contributed by atoms with E-state index >= 15 is 0 Å². The van der Waals surface area contributed by atoms with Gasteiger partial charge in [0.05, 0.1) is 31.2 Å². The van der Waals surface area contributed by atoms with Crippen molar-refractivity contribution in [1.29, 1.82) is 0 Å². The monoisotopic (exact) mass is 557 g/mol. The van der Waals surface area contributed by atoms with E-state index in [1.165, 1.54) is 4.90 Å². The largest absolute Gasteiger partial charge is 0.508 e. The number of aliphatic carboxylic acids is 1. The van der Waals surface area contributed by atoms with E-state index in [2.05, 4.69) is 13.0 Å². The van der Waals surface area contributed by atoms with Gasteiger partial charge in [-0.15, -0.1) is 0 Å². The Morgan fingerprint density at radius 2 is 1.82 bits per heavy atom. The highest BCUT2D eigenvalue weighted by Gasteiger charge is 2.54. The molecule has 4 atom stereocenters. The Morgan fingerprint density at radius 1 is 1.10 bits per heavy atom. The van der Waals surface area contributed by atoms with E-state index in [0.29, 0.717) is 44.1 Å². The number of amides is 2. The van der Waals surface area contributed by atoms with E-state index in [1.54, 1.807) is 19.2 Å². The number of phenolic OH excluding ortho intramolecular Hbond substituents is 1. The SMILES string of the molecule is CCC/C(=C\c1ccc(O)cc1)CC[C@@H](O)C1=C(COC)C[C@H]2C(=O)N(CCCCCC(=O)O)C(=O)[C@H]2[C@H]1CO. The van der Waals surface area contributed by atoms with Gasteiger partial charge in [0, 0.05) is 26.0 Å². The highest BCUT2D eigenvalue weighted by molar-refractivity contribution is 6.05.